The van der Waals surface area contributed by atoms with Crippen LogP contribution in [-0.4, -0.2) is 50.4 Å². The highest BCUT2D eigenvalue weighted by molar-refractivity contribution is 9.10. The van der Waals surface area contributed by atoms with Crippen LogP contribution in [-0.2, 0) is 26.2 Å². The molecule has 0 radical (unpaired) electrons. The highest BCUT2D eigenvalue weighted by atomic mass is 79.9. The second-order valence-electron chi connectivity index (χ2n) is 10.2. The summed E-state index contributed by atoms with van der Waals surface area (Å²) < 4.78 is 34.7. The van der Waals surface area contributed by atoms with E-state index in [0.717, 1.165) is 14.3 Å². The number of carbonyl (C=O) groups is 2. The van der Waals surface area contributed by atoms with Crippen molar-refractivity contribution in [1.29, 1.82) is 0 Å². The summed E-state index contributed by atoms with van der Waals surface area (Å²) in [6, 6.07) is 18.8. The normalized spacial score (nSPS) is 12.4. The van der Waals surface area contributed by atoms with Crippen LogP contribution in [0.25, 0.3) is 0 Å². The average molecular weight is 651 g/mol. The Balaban J connectivity index is 2.06. The third kappa shape index (κ3) is 7.99. The lowest BCUT2D eigenvalue weighted by Crippen LogP contribution is -2.54. The van der Waals surface area contributed by atoms with Gasteiger partial charge in [0.15, 0.2) is 0 Å². The molecule has 0 fully saturated rings. The number of benzene rings is 3. The number of hydrogen-bond acceptors (Lipinski definition) is 5. The minimum atomic E-state index is -4.20. The number of halogens is 2. The lowest BCUT2D eigenvalue weighted by atomic mass is 10.1. The Morgan fingerprint density at radius 3 is 2.27 bits per heavy atom. The van der Waals surface area contributed by atoms with Crippen LogP contribution in [0.1, 0.15) is 33.3 Å². The van der Waals surface area contributed by atoms with Crippen LogP contribution in [0.5, 0.6) is 5.75 Å². The molecule has 0 aliphatic heterocycles. The monoisotopic (exact) mass is 649 g/mol. The summed E-state index contributed by atoms with van der Waals surface area (Å²) in [6.45, 7) is 6.68. The van der Waals surface area contributed by atoms with Crippen molar-refractivity contribution in [3.8, 4) is 5.75 Å². The third-order valence-electron chi connectivity index (χ3n) is 5.94. The van der Waals surface area contributed by atoms with E-state index in [-0.39, 0.29) is 28.1 Å². The van der Waals surface area contributed by atoms with Gasteiger partial charge in [-0.3, -0.25) is 13.9 Å². The van der Waals surface area contributed by atoms with Crippen molar-refractivity contribution in [2.75, 3.05) is 18.0 Å². The highest BCUT2D eigenvalue weighted by Crippen LogP contribution is 2.32. The Bertz CT molecular complexity index is 1460. The molecule has 0 aliphatic carbocycles. The van der Waals surface area contributed by atoms with E-state index in [4.69, 9.17) is 16.3 Å². The molecule has 3 aromatic rings. The number of rotatable bonds is 10. The van der Waals surface area contributed by atoms with E-state index in [1.165, 1.54) is 42.3 Å². The number of carbonyl (C=O) groups excluding carboxylic acids is 2. The molecule has 8 nitrogen and oxygen atoms in total. The summed E-state index contributed by atoms with van der Waals surface area (Å²) in [7, 11) is -2.74. The third-order valence-corrected chi connectivity index (χ3v) is 8.52. The van der Waals surface area contributed by atoms with E-state index in [1.54, 1.807) is 25.1 Å². The molecule has 0 unspecified atom stereocenters. The molecule has 11 heteroatoms. The molecule has 40 heavy (non-hydrogen) atoms. The maximum atomic E-state index is 14.0. The second-order valence-corrected chi connectivity index (χ2v) is 13.4. The van der Waals surface area contributed by atoms with Crippen LogP contribution >= 0.6 is 27.5 Å². The number of nitrogens with zero attached hydrogens (tertiary/aromatic N) is 2. The zero-order valence-corrected chi connectivity index (χ0v) is 26.2. The van der Waals surface area contributed by atoms with Gasteiger partial charge >= 0.3 is 0 Å². The van der Waals surface area contributed by atoms with Gasteiger partial charge in [0.2, 0.25) is 11.8 Å². The van der Waals surface area contributed by atoms with Gasteiger partial charge in [-0.05, 0) is 75.7 Å². The van der Waals surface area contributed by atoms with Crippen LogP contribution in [0.4, 0.5) is 5.69 Å². The second kappa shape index (κ2) is 13.1. The van der Waals surface area contributed by atoms with Crippen LogP contribution < -0.4 is 14.4 Å². The Hall–Kier alpha value is -3.08. The van der Waals surface area contributed by atoms with Gasteiger partial charge in [0.05, 0.1) is 22.7 Å². The molecule has 0 aliphatic rings. The van der Waals surface area contributed by atoms with Crippen molar-refractivity contribution in [3.05, 3.63) is 87.9 Å². The first kappa shape index (κ1) is 31.4. The molecule has 0 bridgehead atoms. The van der Waals surface area contributed by atoms with Gasteiger partial charge in [-0.25, -0.2) is 8.42 Å². The summed E-state index contributed by atoms with van der Waals surface area (Å²) >= 11 is 9.79. The molecule has 0 aromatic heterocycles. The van der Waals surface area contributed by atoms with E-state index in [9.17, 15) is 18.0 Å². The van der Waals surface area contributed by atoms with Gasteiger partial charge in [0.1, 0.15) is 18.3 Å². The lowest BCUT2D eigenvalue weighted by molar-refractivity contribution is -0.140. The SMILES string of the molecule is COc1ccc(N(CC(=O)N(Cc2cccc(Br)c2)[C@@H](C)C(=O)NC(C)(C)C)S(=O)(=O)c2ccccc2)cc1Cl. The van der Waals surface area contributed by atoms with E-state index < -0.39 is 34.1 Å². The zero-order chi connectivity index (χ0) is 29.7. The molecule has 0 saturated heterocycles. The Morgan fingerprint density at radius 2 is 1.70 bits per heavy atom. The number of sulfonamides is 1. The number of anilines is 1. The zero-order valence-electron chi connectivity index (χ0n) is 23.0. The fraction of sp³-hybridized carbons (Fsp3) is 0.310. The largest absolute Gasteiger partial charge is 0.495 e. The van der Waals surface area contributed by atoms with Crippen LogP contribution in [0, 0.1) is 0 Å². The van der Waals surface area contributed by atoms with Gasteiger partial charge in [0.25, 0.3) is 10.0 Å². The van der Waals surface area contributed by atoms with E-state index in [0.29, 0.717) is 5.75 Å². The Morgan fingerprint density at radius 1 is 1.02 bits per heavy atom. The molecule has 3 aromatic carbocycles. The first-order chi connectivity index (χ1) is 18.7. The van der Waals surface area contributed by atoms with Crippen LogP contribution in [0.2, 0.25) is 5.02 Å². The van der Waals surface area contributed by atoms with Crippen molar-refractivity contribution in [2.24, 2.45) is 0 Å². The number of amides is 2. The van der Waals surface area contributed by atoms with Gasteiger partial charge in [-0.15, -0.1) is 0 Å². The first-order valence-corrected chi connectivity index (χ1v) is 15.1. The fourth-order valence-corrected chi connectivity index (χ4v) is 6.07. The van der Waals surface area contributed by atoms with Crippen LogP contribution in [0.15, 0.2) is 82.2 Å². The molecule has 2 amide bonds. The quantitative estimate of drug-likeness (QED) is 0.307. The number of ether oxygens (including phenoxy) is 1. The lowest BCUT2D eigenvalue weighted by Gasteiger charge is -2.33. The minimum absolute atomic E-state index is 0.00630. The average Bonchev–Trinajstić information content (AvgIpc) is 2.89. The van der Waals surface area contributed by atoms with Crippen molar-refractivity contribution >= 4 is 55.1 Å². The maximum absolute atomic E-state index is 14.0. The molecular formula is C29H33BrClN3O5S. The van der Waals surface area contributed by atoms with Gasteiger partial charge < -0.3 is 15.0 Å². The summed E-state index contributed by atoms with van der Waals surface area (Å²) in [6.07, 6.45) is 0. The predicted molar refractivity (Wildman–Crippen MR) is 161 cm³/mol. The molecule has 3 rings (SSSR count). The summed E-state index contributed by atoms with van der Waals surface area (Å²) in [5.41, 5.74) is 0.415. The standard InChI is InChI=1S/C29H33BrClN3O5S/c1-20(28(36)32-29(2,3)4)33(18-21-10-9-11-22(30)16-21)27(35)19-34(23-14-15-26(39-5)25(31)17-23)40(37,38)24-12-7-6-8-13-24/h6-17,20H,18-19H2,1-5H3,(H,32,36)/t20-/m0/s1. The highest BCUT2D eigenvalue weighted by Gasteiger charge is 2.33. The van der Waals surface area contributed by atoms with E-state index in [1.807, 2.05) is 45.0 Å². The molecule has 1 atom stereocenters. The smallest absolute Gasteiger partial charge is 0.264 e. The van der Waals surface area contributed by atoms with Gasteiger partial charge in [-0.2, -0.15) is 0 Å². The predicted octanol–water partition coefficient (Wildman–Crippen LogP) is 5.64. The first-order valence-electron chi connectivity index (χ1n) is 12.5. The minimum Gasteiger partial charge on any atom is -0.495 e. The summed E-state index contributed by atoms with van der Waals surface area (Å²) in [5, 5.41) is 3.09. The van der Waals surface area contributed by atoms with E-state index >= 15 is 0 Å². The molecule has 1 N–H and O–H groups in total. The molecular weight excluding hydrogens is 618 g/mol. The van der Waals surface area contributed by atoms with Crippen LogP contribution in [0.3, 0.4) is 0 Å². The maximum Gasteiger partial charge on any atom is 0.264 e. The van der Waals surface area contributed by atoms with Gasteiger partial charge in [0, 0.05) is 16.6 Å². The van der Waals surface area contributed by atoms with Crippen molar-refractivity contribution < 1.29 is 22.7 Å². The summed E-state index contributed by atoms with van der Waals surface area (Å²) in [4.78, 5) is 28.5. The Kier molecular flexibility index (Phi) is 10.3. The molecule has 0 heterocycles. The molecule has 0 saturated carbocycles. The topological polar surface area (TPSA) is 96.0 Å². The number of methoxy groups -OCH3 is 1. The Labute approximate surface area is 249 Å². The van der Waals surface area contributed by atoms with Gasteiger partial charge in [-0.1, -0.05) is 57.9 Å². The number of hydrogen-bond donors (Lipinski definition) is 1. The number of nitrogens with one attached hydrogen (secondary N) is 1. The van der Waals surface area contributed by atoms with Crippen molar-refractivity contribution in [1.82, 2.24) is 10.2 Å². The molecule has 0 spiro atoms. The molecule has 214 valence electrons. The van der Waals surface area contributed by atoms with Crippen molar-refractivity contribution in [2.45, 2.75) is 50.7 Å². The van der Waals surface area contributed by atoms with E-state index in [2.05, 4.69) is 21.2 Å². The fourth-order valence-electron chi connectivity index (χ4n) is 3.95. The van der Waals surface area contributed by atoms with Crippen molar-refractivity contribution in [3.63, 3.8) is 0 Å². The summed E-state index contributed by atoms with van der Waals surface area (Å²) in [5.74, 6) is -0.568.